The number of amides is 2. The lowest BCUT2D eigenvalue weighted by molar-refractivity contribution is -0.132. The average Bonchev–Trinajstić information content (AvgIpc) is 2.62. The van der Waals surface area contributed by atoms with Crippen molar-refractivity contribution >= 4 is 17.4 Å². The third-order valence-electron chi connectivity index (χ3n) is 4.23. The number of ether oxygens (including phenoxy) is 1. The molecule has 0 atom stereocenters. The maximum absolute atomic E-state index is 12.0. The number of carbonyl (C=O) groups excluding carboxylic acids is 2. The fraction of sp³-hybridized carbons (Fsp3) is 0.474. The first-order valence-corrected chi connectivity index (χ1v) is 8.49. The van der Waals surface area contributed by atoms with Crippen molar-refractivity contribution in [2.75, 3.05) is 26.7 Å². The summed E-state index contributed by atoms with van der Waals surface area (Å²) >= 11 is 0. The van der Waals surface area contributed by atoms with Gasteiger partial charge in [-0.05, 0) is 37.8 Å². The second-order valence-corrected chi connectivity index (χ2v) is 6.01. The van der Waals surface area contributed by atoms with E-state index < -0.39 is 0 Å². The van der Waals surface area contributed by atoms with Gasteiger partial charge in [-0.2, -0.15) is 0 Å². The fourth-order valence-electron chi connectivity index (χ4n) is 2.89. The second-order valence-electron chi connectivity index (χ2n) is 6.01. The summed E-state index contributed by atoms with van der Waals surface area (Å²) in [6, 6.07) is 7.58. The number of hydrogen-bond acceptors (Lipinski definition) is 3. The molecule has 0 bridgehead atoms. The van der Waals surface area contributed by atoms with E-state index in [0.717, 1.165) is 42.8 Å². The molecule has 0 spiro atoms. The average molecular weight is 330 g/mol. The van der Waals surface area contributed by atoms with Crippen molar-refractivity contribution in [2.45, 2.75) is 32.6 Å². The number of carbonyl (C=O) groups is 2. The molecule has 1 fully saturated rings. The SMILES string of the molecule is COc1ccccc1/C(C)=C/C(=O)NCCC(=O)N1CCCCC1. The van der Waals surface area contributed by atoms with Crippen LogP contribution >= 0.6 is 0 Å². The lowest BCUT2D eigenvalue weighted by Crippen LogP contribution is -2.37. The van der Waals surface area contributed by atoms with Gasteiger partial charge in [0.2, 0.25) is 11.8 Å². The monoisotopic (exact) mass is 330 g/mol. The number of rotatable bonds is 6. The quantitative estimate of drug-likeness (QED) is 0.816. The molecule has 1 aliphatic heterocycles. The molecule has 2 amide bonds. The molecule has 0 saturated carbocycles. The van der Waals surface area contributed by atoms with Crippen molar-refractivity contribution in [3.63, 3.8) is 0 Å². The topological polar surface area (TPSA) is 58.6 Å². The Labute approximate surface area is 143 Å². The van der Waals surface area contributed by atoms with Crippen molar-refractivity contribution in [3.8, 4) is 5.75 Å². The summed E-state index contributed by atoms with van der Waals surface area (Å²) < 4.78 is 5.31. The van der Waals surface area contributed by atoms with Gasteiger partial charge in [-0.25, -0.2) is 0 Å². The van der Waals surface area contributed by atoms with Gasteiger partial charge in [0.15, 0.2) is 0 Å². The Kier molecular flexibility index (Phi) is 6.85. The van der Waals surface area contributed by atoms with Gasteiger partial charge in [-0.3, -0.25) is 9.59 Å². The van der Waals surface area contributed by atoms with Gasteiger partial charge in [0.1, 0.15) is 5.75 Å². The molecule has 0 aromatic heterocycles. The van der Waals surface area contributed by atoms with Crippen LogP contribution in [-0.4, -0.2) is 43.5 Å². The van der Waals surface area contributed by atoms with Crippen LogP contribution in [0, 0.1) is 0 Å². The Morgan fingerprint density at radius 3 is 2.62 bits per heavy atom. The number of para-hydroxylation sites is 1. The van der Waals surface area contributed by atoms with Crippen LogP contribution in [0.25, 0.3) is 5.57 Å². The predicted octanol–water partition coefficient (Wildman–Crippen LogP) is 2.62. The number of hydrogen-bond donors (Lipinski definition) is 1. The molecular formula is C19H26N2O3. The maximum Gasteiger partial charge on any atom is 0.244 e. The number of nitrogens with one attached hydrogen (secondary N) is 1. The Hall–Kier alpha value is -2.30. The van der Waals surface area contributed by atoms with E-state index in [2.05, 4.69) is 5.32 Å². The third kappa shape index (κ3) is 5.11. The van der Waals surface area contributed by atoms with E-state index in [1.165, 1.54) is 6.42 Å². The zero-order valence-electron chi connectivity index (χ0n) is 14.5. The highest BCUT2D eigenvalue weighted by Gasteiger charge is 2.16. The lowest BCUT2D eigenvalue weighted by Gasteiger charge is -2.26. The zero-order chi connectivity index (χ0) is 17.4. The lowest BCUT2D eigenvalue weighted by atomic mass is 10.1. The maximum atomic E-state index is 12.0. The van der Waals surface area contributed by atoms with E-state index in [-0.39, 0.29) is 11.8 Å². The highest BCUT2D eigenvalue weighted by molar-refractivity contribution is 5.95. The molecule has 2 rings (SSSR count). The Morgan fingerprint density at radius 1 is 1.21 bits per heavy atom. The number of piperidine rings is 1. The molecule has 0 aliphatic carbocycles. The smallest absolute Gasteiger partial charge is 0.244 e. The van der Waals surface area contributed by atoms with Gasteiger partial charge in [0, 0.05) is 37.7 Å². The summed E-state index contributed by atoms with van der Waals surface area (Å²) in [6.07, 6.45) is 5.27. The summed E-state index contributed by atoms with van der Waals surface area (Å²) in [5, 5.41) is 2.79. The van der Waals surface area contributed by atoms with Crippen LogP contribution in [-0.2, 0) is 9.59 Å². The van der Waals surface area contributed by atoms with Crippen LogP contribution in [0.2, 0.25) is 0 Å². The van der Waals surface area contributed by atoms with Crippen molar-refractivity contribution in [1.82, 2.24) is 10.2 Å². The van der Waals surface area contributed by atoms with Crippen LogP contribution in [0.1, 0.15) is 38.2 Å². The summed E-state index contributed by atoms with van der Waals surface area (Å²) in [6.45, 7) is 3.93. The first-order valence-electron chi connectivity index (χ1n) is 8.49. The molecule has 130 valence electrons. The first-order chi connectivity index (χ1) is 11.6. The van der Waals surface area contributed by atoms with E-state index >= 15 is 0 Å². The van der Waals surface area contributed by atoms with Gasteiger partial charge in [-0.1, -0.05) is 18.2 Å². The minimum absolute atomic E-state index is 0.125. The molecule has 1 heterocycles. The summed E-state index contributed by atoms with van der Waals surface area (Å²) in [5.74, 6) is 0.671. The molecule has 0 unspecified atom stereocenters. The summed E-state index contributed by atoms with van der Waals surface area (Å²) in [4.78, 5) is 26.0. The van der Waals surface area contributed by atoms with Crippen molar-refractivity contribution in [1.29, 1.82) is 0 Å². The molecule has 1 N–H and O–H groups in total. The molecule has 5 nitrogen and oxygen atoms in total. The molecule has 5 heteroatoms. The minimum Gasteiger partial charge on any atom is -0.496 e. The van der Waals surface area contributed by atoms with E-state index in [9.17, 15) is 9.59 Å². The zero-order valence-corrected chi connectivity index (χ0v) is 14.5. The van der Waals surface area contributed by atoms with Gasteiger partial charge in [0.05, 0.1) is 7.11 Å². The second kappa shape index (κ2) is 9.11. The van der Waals surface area contributed by atoms with E-state index in [1.807, 2.05) is 36.1 Å². The number of methoxy groups -OCH3 is 1. The fourth-order valence-corrected chi connectivity index (χ4v) is 2.89. The van der Waals surface area contributed by atoms with Crippen LogP contribution < -0.4 is 10.1 Å². The molecule has 0 radical (unpaired) electrons. The standard InChI is InChI=1S/C19H26N2O3/c1-15(16-8-4-5-9-17(16)24-2)14-18(22)20-11-10-19(23)21-12-6-3-7-13-21/h4-5,8-9,14H,3,6-7,10-13H2,1-2H3,(H,20,22)/b15-14+. The summed E-state index contributed by atoms with van der Waals surface area (Å²) in [7, 11) is 1.61. The Balaban J connectivity index is 1.82. The third-order valence-corrected chi connectivity index (χ3v) is 4.23. The van der Waals surface area contributed by atoms with Crippen molar-refractivity contribution in [3.05, 3.63) is 35.9 Å². The number of benzene rings is 1. The van der Waals surface area contributed by atoms with Crippen LogP contribution in [0.15, 0.2) is 30.3 Å². The van der Waals surface area contributed by atoms with E-state index in [1.54, 1.807) is 13.2 Å². The van der Waals surface area contributed by atoms with E-state index in [4.69, 9.17) is 4.74 Å². The molecule has 1 aromatic carbocycles. The van der Waals surface area contributed by atoms with Crippen LogP contribution in [0.5, 0.6) is 5.75 Å². The molecule has 1 saturated heterocycles. The number of likely N-dealkylation sites (tertiary alicyclic amines) is 1. The molecule has 24 heavy (non-hydrogen) atoms. The van der Waals surface area contributed by atoms with Gasteiger partial charge in [0.25, 0.3) is 0 Å². The molecule has 1 aliphatic rings. The van der Waals surface area contributed by atoms with Crippen molar-refractivity contribution in [2.24, 2.45) is 0 Å². The molecular weight excluding hydrogens is 304 g/mol. The first kappa shape index (κ1) is 18.0. The molecule has 1 aromatic rings. The summed E-state index contributed by atoms with van der Waals surface area (Å²) in [5.41, 5.74) is 1.71. The normalized spacial score (nSPS) is 15.1. The highest BCUT2D eigenvalue weighted by atomic mass is 16.5. The van der Waals surface area contributed by atoms with Gasteiger partial charge in [-0.15, -0.1) is 0 Å². The largest absolute Gasteiger partial charge is 0.496 e. The minimum atomic E-state index is -0.190. The highest BCUT2D eigenvalue weighted by Crippen LogP contribution is 2.24. The number of allylic oxidation sites excluding steroid dienone is 1. The van der Waals surface area contributed by atoms with Crippen LogP contribution in [0.4, 0.5) is 0 Å². The van der Waals surface area contributed by atoms with Gasteiger partial charge >= 0.3 is 0 Å². The van der Waals surface area contributed by atoms with Gasteiger partial charge < -0.3 is 15.0 Å². The Morgan fingerprint density at radius 2 is 1.92 bits per heavy atom. The van der Waals surface area contributed by atoms with E-state index in [0.29, 0.717) is 13.0 Å². The number of nitrogens with zero attached hydrogens (tertiary/aromatic N) is 1. The van der Waals surface area contributed by atoms with Crippen molar-refractivity contribution < 1.29 is 14.3 Å². The van der Waals surface area contributed by atoms with Crippen LogP contribution in [0.3, 0.4) is 0 Å². The predicted molar refractivity (Wildman–Crippen MR) is 94.7 cm³/mol. The Bertz CT molecular complexity index is 604.